The van der Waals surface area contributed by atoms with Gasteiger partial charge in [0.2, 0.25) is 0 Å². The molecule has 0 atom stereocenters. The third-order valence-electron chi connectivity index (χ3n) is 1.78. The van der Waals surface area contributed by atoms with Crippen LogP contribution in [0.5, 0.6) is 5.75 Å². The van der Waals surface area contributed by atoms with Crippen molar-refractivity contribution in [1.82, 2.24) is 0 Å². The second-order valence-corrected chi connectivity index (χ2v) is 3.27. The van der Waals surface area contributed by atoms with E-state index in [4.69, 9.17) is 4.74 Å². The van der Waals surface area contributed by atoms with E-state index in [1.807, 2.05) is 6.92 Å². The average molecular weight is 263 g/mol. The third kappa shape index (κ3) is 5.42. The van der Waals surface area contributed by atoms with Crippen LogP contribution < -0.4 is 10.1 Å². The van der Waals surface area contributed by atoms with Gasteiger partial charge in [-0.05, 0) is 31.2 Å². The minimum atomic E-state index is -4.53. The van der Waals surface area contributed by atoms with Crippen molar-refractivity contribution in [3.63, 3.8) is 0 Å². The molecular formula is C11H12F3NO3. The highest BCUT2D eigenvalue weighted by atomic mass is 19.4. The van der Waals surface area contributed by atoms with Crippen LogP contribution in [0.1, 0.15) is 6.92 Å². The van der Waals surface area contributed by atoms with Crippen LogP contribution in [0.15, 0.2) is 24.3 Å². The Bertz CT molecular complexity index is 390. The number of benzene rings is 1. The smallest absolute Gasteiger partial charge is 0.422 e. The van der Waals surface area contributed by atoms with Gasteiger partial charge in [0.25, 0.3) is 0 Å². The molecule has 1 rings (SSSR count). The van der Waals surface area contributed by atoms with E-state index in [2.05, 4.69) is 10.1 Å². The summed E-state index contributed by atoms with van der Waals surface area (Å²) < 4.78 is 44.5. The largest absolute Gasteiger partial charge is 0.494 e. The van der Waals surface area contributed by atoms with Gasteiger partial charge in [-0.15, -0.1) is 0 Å². The zero-order valence-electron chi connectivity index (χ0n) is 9.58. The first kappa shape index (κ1) is 14.1. The second kappa shape index (κ2) is 6.13. The SMILES string of the molecule is CCOc1ccc(NC(=O)OCC(F)(F)F)cc1. The Kier molecular flexibility index (Phi) is 4.82. The Morgan fingerprint density at radius 3 is 2.39 bits per heavy atom. The number of alkyl halides is 3. The number of hydrogen-bond donors (Lipinski definition) is 1. The maximum absolute atomic E-state index is 11.8. The minimum absolute atomic E-state index is 0.325. The van der Waals surface area contributed by atoms with E-state index in [-0.39, 0.29) is 0 Å². The summed E-state index contributed by atoms with van der Waals surface area (Å²) in [6.07, 6.45) is -5.69. The van der Waals surface area contributed by atoms with Crippen LogP contribution in [-0.4, -0.2) is 25.5 Å². The van der Waals surface area contributed by atoms with Gasteiger partial charge in [0.15, 0.2) is 6.61 Å². The molecule has 0 bridgehead atoms. The molecule has 0 saturated heterocycles. The van der Waals surface area contributed by atoms with Crippen molar-refractivity contribution >= 4 is 11.8 Å². The van der Waals surface area contributed by atoms with Crippen LogP contribution in [0.4, 0.5) is 23.7 Å². The van der Waals surface area contributed by atoms with Crippen molar-refractivity contribution in [1.29, 1.82) is 0 Å². The van der Waals surface area contributed by atoms with Gasteiger partial charge in [-0.2, -0.15) is 13.2 Å². The molecule has 1 aromatic rings. The lowest BCUT2D eigenvalue weighted by Gasteiger charge is -2.09. The van der Waals surface area contributed by atoms with Crippen LogP contribution in [-0.2, 0) is 4.74 Å². The Balaban J connectivity index is 2.44. The molecule has 0 aliphatic rings. The maximum Gasteiger partial charge on any atom is 0.422 e. The van der Waals surface area contributed by atoms with Crippen LogP contribution in [0.2, 0.25) is 0 Å². The molecule has 1 aromatic carbocycles. The summed E-state index contributed by atoms with van der Waals surface area (Å²) in [5.74, 6) is 0.603. The van der Waals surface area contributed by atoms with Crippen molar-refractivity contribution in [3.8, 4) is 5.75 Å². The van der Waals surface area contributed by atoms with Crippen LogP contribution in [0, 0.1) is 0 Å². The number of nitrogens with one attached hydrogen (secondary N) is 1. The summed E-state index contributed by atoms with van der Waals surface area (Å²) in [4.78, 5) is 11.0. The topological polar surface area (TPSA) is 47.6 Å². The number of carbonyl (C=O) groups excluding carboxylic acids is 1. The normalized spacial score (nSPS) is 10.9. The lowest BCUT2D eigenvalue weighted by atomic mass is 10.3. The summed E-state index contributed by atoms with van der Waals surface area (Å²) in [6, 6.07) is 6.17. The molecular weight excluding hydrogens is 251 g/mol. The molecule has 0 spiro atoms. The molecule has 1 N–H and O–H groups in total. The number of amides is 1. The van der Waals surface area contributed by atoms with Crippen molar-refractivity contribution in [2.24, 2.45) is 0 Å². The third-order valence-corrected chi connectivity index (χ3v) is 1.78. The molecule has 1 amide bonds. The molecule has 0 saturated carbocycles. The minimum Gasteiger partial charge on any atom is -0.494 e. The number of hydrogen-bond acceptors (Lipinski definition) is 3. The quantitative estimate of drug-likeness (QED) is 0.907. The number of anilines is 1. The summed E-state index contributed by atoms with van der Waals surface area (Å²) in [7, 11) is 0. The highest BCUT2D eigenvalue weighted by Crippen LogP contribution is 2.17. The van der Waals surface area contributed by atoms with Crippen molar-refractivity contribution < 1.29 is 27.4 Å². The molecule has 4 nitrogen and oxygen atoms in total. The summed E-state index contributed by atoms with van der Waals surface area (Å²) >= 11 is 0. The maximum atomic E-state index is 11.8. The highest BCUT2D eigenvalue weighted by Gasteiger charge is 2.29. The predicted octanol–water partition coefficient (Wildman–Crippen LogP) is 3.20. The number of ether oxygens (including phenoxy) is 2. The van der Waals surface area contributed by atoms with Crippen molar-refractivity contribution in [2.45, 2.75) is 13.1 Å². The molecule has 0 aromatic heterocycles. The van der Waals surface area contributed by atoms with Gasteiger partial charge in [-0.3, -0.25) is 5.32 Å². The van der Waals surface area contributed by atoms with Gasteiger partial charge < -0.3 is 9.47 Å². The van der Waals surface area contributed by atoms with E-state index < -0.39 is 18.9 Å². The number of carbonyl (C=O) groups is 1. The number of rotatable bonds is 4. The van der Waals surface area contributed by atoms with E-state index in [0.717, 1.165) is 0 Å². The fourth-order valence-corrected chi connectivity index (χ4v) is 1.10. The first-order chi connectivity index (χ1) is 8.40. The first-order valence-corrected chi connectivity index (χ1v) is 5.14. The summed E-state index contributed by atoms with van der Waals surface area (Å²) in [5, 5.41) is 2.17. The molecule has 0 heterocycles. The van der Waals surface area contributed by atoms with Gasteiger partial charge in [0.1, 0.15) is 5.75 Å². The van der Waals surface area contributed by atoms with Gasteiger partial charge in [0, 0.05) is 5.69 Å². The molecule has 18 heavy (non-hydrogen) atoms. The standard InChI is InChI=1S/C11H12F3NO3/c1-2-17-9-5-3-8(4-6-9)15-10(16)18-7-11(12,13)14/h3-6H,2,7H2,1H3,(H,15,16). The Labute approximate surface area is 102 Å². The van der Waals surface area contributed by atoms with E-state index in [1.54, 1.807) is 12.1 Å². The lowest BCUT2D eigenvalue weighted by molar-refractivity contribution is -0.159. The Morgan fingerprint density at radius 1 is 1.28 bits per heavy atom. The van der Waals surface area contributed by atoms with Crippen LogP contribution in [0.25, 0.3) is 0 Å². The zero-order valence-corrected chi connectivity index (χ0v) is 9.58. The van der Waals surface area contributed by atoms with E-state index in [0.29, 0.717) is 18.0 Å². The predicted molar refractivity (Wildman–Crippen MR) is 58.6 cm³/mol. The van der Waals surface area contributed by atoms with Gasteiger partial charge >= 0.3 is 12.3 Å². The average Bonchev–Trinajstić information content (AvgIpc) is 2.29. The fourth-order valence-electron chi connectivity index (χ4n) is 1.10. The first-order valence-electron chi connectivity index (χ1n) is 5.14. The lowest BCUT2D eigenvalue weighted by Crippen LogP contribution is -2.23. The van der Waals surface area contributed by atoms with Gasteiger partial charge in [-0.25, -0.2) is 4.79 Å². The fraction of sp³-hybridized carbons (Fsp3) is 0.364. The van der Waals surface area contributed by atoms with Gasteiger partial charge in [0.05, 0.1) is 6.61 Å². The van der Waals surface area contributed by atoms with Crippen LogP contribution >= 0.6 is 0 Å². The highest BCUT2D eigenvalue weighted by molar-refractivity contribution is 5.84. The van der Waals surface area contributed by atoms with E-state index in [1.165, 1.54) is 12.1 Å². The van der Waals surface area contributed by atoms with Gasteiger partial charge in [-0.1, -0.05) is 0 Å². The number of halogens is 3. The Hall–Kier alpha value is -1.92. The van der Waals surface area contributed by atoms with E-state index in [9.17, 15) is 18.0 Å². The van der Waals surface area contributed by atoms with Crippen molar-refractivity contribution in [2.75, 3.05) is 18.5 Å². The summed E-state index contributed by atoms with van der Waals surface area (Å²) in [5.41, 5.74) is 0.325. The molecule has 0 fully saturated rings. The zero-order chi connectivity index (χ0) is 13.6. The Morgan fingerprint density at radius 2 is 1.89 bits per heavy atom. The molecule has 0 radical (unpaired) electrons. The summed E-state index contributed by atoms with van der Waals surface area (Å²) in [6.45, 7) is 0.705. The van der Waals surface area contributed by atoms with Crippen molar-refractivity contribution in [3.05, 3.63) is 24.3 Å². The molecule has 100 valence electrons. The molecule has 0 aliphatic carbocycles. The van der Waals surface area contributed by atoms with Crippen LogP contribution in [0.3, 0.4) is 0 Å². The molecule has 0 aliphatic heterocycles. The molecule has 7 heteroatoms. The van der Waals surface area contributed by atoms with E-state index >= 15 is 0 Å². The second-order valence-electron chi connectivity index (χ2n) is 3.27. The molecule has 0 unspecified atom stereocenters. The monoisotopic (exact) mass is 263 g/mol.